The number of carbonyl (C=O) groups is 1. The highest BCUT2D eigenvalue weighted by Gasteiger charge is 1.99. The topological polar surface area (TPSA) is 38.3 Å². The summed E-state index contributed by atoms with van der Waals surface area (Å²) in [4.78, 5) is 11.0. The van der Waals surface area contributed by atoms with Crippen molar-refractivity contribution in [2.45, 2.75) is 6.92 Å². The maximum Gasteiger partial charge on any atom is 0.243 e. The molecule has 0 fully saturated rings. The SMILES string of the molecule is CNC(=O)C=Cc1cc(C)ccc1OC. The molecule has 1 aromatic rings. The number of aryl methyl sites for hydroxylation is 1. The summed E-state index contributed by atoms with van der Waals surface area (Å²) in [6.07, 6.45) is 3.22. The molecule has 0 spiro atoms. The van der Waals surface area contributed by atoms with Gasteiger partial charge in [-0.3, -0.25) is 4.79 Å². The molecule has 1 aromatic carbocycles. The lowest BCUT2D eigenvalue weighted by Gasteiger charge is -2.05. The molecule has 0 saturated heterocycles. The van der Waals surface area contributed by atoms with Crippen LogP contribution in [0.5, 0.6) is 5.75 Å². The molecular weight excluding hydrogens is 190 g/mol. The maximum atomic E-state index is 11.0. The van der Waals surface area contributed by atoms with E-state index in [1.54, 1.807) is 20.2 Å². The second-order valence-corrected chi connectivity index (χ2v) is 3.19. The zero-order chi connectivity index (χ0) is 11.3. The monoisotopic (exact) mass is 205 g/mol. The zero-order valence-electron chi connectivity index (χ0n) is 9.20. The fourth-order valence-corrected chi connectivity index (χ4v) is 1.23. The third kappa shape index (κ3) is 3.13. The van der Waals surface area contributed by atoms with Crippen molar-refractivity contribution in [2.75, 3.05) is 14.2 Å². The van der Waals surface area contributed by atoms with E-state index in [-0.39, 0.29) is 5.91 Å². The number of carbonyl (C=O) groups excluding carboxylic acids is 1. The van der Waals surface area contributed by atoms with Crippen molar-refractivity contribution in [1.82, 2.24) is 5.32 Å². The Bertz CT molecular complexity index is 383. The molecule has 0 atom stereocenters. The highest BCUT2D eigenvalue weighted by atomic mass is 16.5. The largest absolute Gasteiger partial charge is 0.496 e. The van der Waals surface area contributed by atoms with Crippen molar-refractivity contribution in [3.8, 4) is 5.75 Å². The van der Waals surface area contributed by atoms with Crippen LogP contribution in [0.2, 0.25) is 0 Å². The highest BCUT2D eigenvalue weighted by Crippen LogP contribution is 2.20. The number of benzene rings is 1. The fraction of sp³-hybridized carbons (Fsp3) is 0.250. The van der Waals surface area contributed by atoms with Gasteiger partial charge in [-0.2, -0.15) is 0 Å². The van der Waals surface area contributed by atoms with E-state index in [0.717, 1.165) is 16.9 Å². The molecular formula is C12H15NO2. The van der Waals surface area contributed by atoms with Crippen molar-refractivity contribution >= 4 is 12.0 Å². The Morgan fingerprint density at radius 1 is 1.47 bits per heavy atom. The van der Waals surface area contributed by atoms with Gasteiger partial charge in [0.05, 0.1) is 7.11 Å². The number of likely N-dealkylation sites (N-methyl/N-ethyl adjacent to an activating group) is 1. The number of amides is 1. The lowest BCUT2D eigenvalue weighted by Crippen LogP contribution is -2.13. The van der Waals surface area contributed by atoms with Crippen LogP contribution in [0.15, 0.2) is 24.3 Å². The van der Waals surface area contributed by atoms with Gasteiger partial charge in [0, 0.05) is 18.7 Å². The quantitative estimate of drug-likeness (QED) is 0.764. The van der Waals surface area contributed by atoms with E-state index in [4.69, 9.17) is 4.74 Å². The predicted octanol–water partition coefficient (Wildman–Crippen LogP) is 1.76. The number of ether oxygens (including phenoxy) is 1. The van der Waals surface area contributed by atoms with Crippen LogP contribution < -0.4 is 10.1 Å². The highest BCUT2D eigenvalue weighted by molar-refractivity contribution is 5.91. The summed E-state index contributed by atoms with van der Waals surface area (Å²) in [6, 6.07) is 5.83. The van der Waals surface area contributed by atoms with Crippen LogP contribution in [0.4, 0.5) is 0 Å². The third-order valence-electron chi connectivity index (χ3n) is 2.05. The van der Waals surface area contributed by atoms with E-state index in [2.05, 4.69) is 5.32 Å². The number of methoxy groups -OCH3 is 1. The van der Waals surface area contributed by atoms with E-state index in [1.165, 1.54) is 6.08 Å². The molecule has 80 valence electrons. The molecule has 3 heteroatoms. The predicted molar refractivity (Wildman–Crippen MR) is 60.8 cm³/mol. The van der Waals surface area contributed by atoms with Crippen molar-refractivity contribution < 1.29 is 9.53 Å². The molecule has 3 nitrogen and oxygen atoms in total. The van der Waals surface area contributed by atoms with Gasteiger partial charge in [-0.05, 0) is 25.1 Å². The van der Waals surface area contributed by atoms with Gasteiger partial charge < -0.3 is 10.1 Å². The van der Waals surface area contributed by atoms with Gasteiger partial charge in [0.1, 0.15) is 5.75 Å². The van der Waals surface area contributed by atoms with E-state index in [1.807, 2.05) is 25.1 Å². The molecule has 1 rings (SSSR count). The number of nitrogens with one attached hydrogen (secondary N) is 1. The maximum absolute atomic E-state index is 11.0. The molecule has 15 heavy (non-hydrogen) atoms. The van der Waals surface area contributed by atoms with Gasteiger partial charge in [0.15, 0.2) is 0 Å². The summed E-state index contributed by atoms with van der Waals surface area (Å²) < 4.78 is 5.18. The second-order valence-electron chi connectivity index (χ2n) is 3.19. The smallest absolute Gasteiger partial charge is 0.243 e. The minimum Gasteiger partial charge on any atom is -0.496 e. The van der Waals surface area contributed by atoms with Gasteiger partial charge in [-0.1, -0.05) is 11.6 Å². The second kappa shape index (κ2) is 5.20. The van der Waals surface area contributed by atoms with Gasteiger partial charge in [0.25, 0.3) is 0 Å². The molecule has 1 N–H and O–H groups in total. The normalized spacial score (nSPS) is 10.3. The minimum absolute atomic E-state index is 0.126. The summed E-state index contributed by atoms with van der Waals surface area (Å²) in [7, 11) is 3.21. The number of rotatable bonds is 3. The van der Waals surface area contributed by atoms with E-state index >= 15 is 0 Å². The Balaban J connectivity index is 2.96. The first-order valence-electron chi connectivity index (χ1n) is 4.72. The van der Waals surface area contributed by atoms with Crippen molar-refractivity contribution in [1.29, 1.82) is 0 Å². The van der Waals surface area contributed by atoms with Crippen LogP contribution in [0.3, 0.4) is 0 Å². The lowest BCUT2D eigenvalue weighted by molar-refractivity contribution is -0.115. The summed E-state index contributed by atoms with van der Waals surface area (Å²) in [6.45, 7) is 2.00. The summed E-state index contributed by atoms with van der Waals surface area (Å²) in [5.41, 5.74) is 2.04. The molecule has 0 aromatic heterocycles. The van der Waals surface area contributed by atoms with E-state index in [9.17, 15) is 4.79 Å². The van der Waals surface area contributed by atoms with E-state index < -0.39 is 0 Å². The molecule has 0 unspecified atom stereocenters. The van der Waals surface area contributed by atoms with Crippen LogP contribution in [0, 0.1) is 6.92 Å². The number of hydrogen-bond acceptors (Lipinski definition) is 2. The summed E-state index contributed by atoms with van der Waals surface area (Å²) in [5.74, 6) is 0.638. The van der Waals surface area contributed by atoms with Crippen molar-refractivity contribution in [3.05, 3.63) is 35.4 Å². The van der Waals surface area contributed by atoms with Gasteiger partial charge in [-0.25, -0.2) is 0 Å². The number of hydrogen-bond donors (Lipinski definition) is 1. The Hall–Kier alpha value is -1.77. The lowest BCUT2D eigenvalue weighted by atomic mass is 10.1. The van der Waals surface area contributed by atoms with Crippen molar-refractivity contribution in [2.24, 2.45) is 0 Å². The van der Waals surface area contributed by atoms with Crippen LogP contribution >= 0.6 is 0 Å². The summed E-state index contributed by atoms with van der Waals surface area (Å²) >= 11 is 0. The zero-order valence-corrected chi connectivity index (χ0v) is 9.20. The molecule has 0 radical (unpaired) electrons. The van der Waals surface area contributed by atoms with Crippen LogP contribution in [-0.2, 0) is 4.79 Å². The fourth-order valence-electron chi connectivity index (χ4n) is 1.23. The molecule has 0 aliphatic rings. The van der Waals surface area contributed by atoms with Gasteiger partial charge in [-0.15, -0.1) is 0 Å². The van der Waals surface area contributed by atoms with Crippen LogP contribution in [0.25, 0.3) is 6.08 Å². The van der Waals surface area contributed by atoms with Gasteiger partial charge in [0.2, 0.25) is 5.91 Å². The Morgan fingerprint density at radius 3 is 2.80 bits per heavy atom. The Kier molecular flexibility index (Phi) is 3.92. The average Bonchev–Trinajstić information content (AvgIpc) is 2.26. The van der Waals surface area contributed by atoms with E-state index in [0.29, 0.717) is 0 Å². The summed E-state index contributed by atoms with van der Waals surface area (Å²) in [5, 5.41) is 2.52. The first-order valence-corrected chi connectivity index (χ1v) is 4.72. The average molecular weight is 205 g/mol. The van der Waals surface area contributed by atoms with Crippen LogP contribution in [0.1, 0.15) is 11.1 Å². The molecule has 0 aliphatic carbocycles. The molecule has 0 heterocycles. The Morgan fingerprint density at radius 2 is 2.20 bits per heavy atom. The molecule has 0 saturated carbocycles. The molecule has 1 amide bonds. The minimum atomic E-state index is -0.126. The molecule has 0 bridgehead atoms. The van der Waals surface area contributed by atoms with Crippen molar-refractivity contribution in [3.63, 3.8) is 0 Å². The standard InChI is InChI=1S/C12H15NO2/c1-9-4-6-11(15-3)10(8-9)5-7-12(14)13-2/h4-8H,1-3H3,(H,13,14). The third-order valence-corrected chi connectivity index (χ3v) is 2.05. The first kappa shape index (κ1) is 11.3. The Labute approximate surface area is 89.8 Å². The first-order chi connectivity index (χ1) is 7.17. The molecule has 0 aliphatic heterocycles. The van der Waals surface area contributed by atoms with Gasteiger partial charge >= 0.3 is 0 Å². The van der Waals surface area contributed by atoms with Crippen LogP contribution in [-0.4, -0.2) is 20.1 Å².